The van der Waals surface area contributed by atoms with E-state index >= 15 is 9.59 Å². The van der Waals surface area contributed by atoms with Gasteiger partial charge in [-0.05, 0) is 93.9 Å². The van der Waals surface area contributed by atoms with Gasteiger partial charge in [-0.15, -0.1) is 0 Å². The SMILES string of the molecule is C=C/C=C/C[C@@H](C)[C@@H](O)[C@H]1C(=O)C[C@@H](CC)C(=O)N(C)CC(=O)N(C)[C@@H](CC(C)C)C(=O)C[C@@H](C(C)C)C(=O)N(C)[C@@H](CC(C)C)C(=O)C[C@@H](C)C(=O)N[C@H](C)CN(C)[C@@H](CC(C)C)C(=O)N(C)[C@@H](CC(C)C)C(=O)N(C)[C@@H](C(C)C)C(=O)N1C. The monoisotopic (exact) mass is 1200 g/mol. The number of Topliss-reactive ketones (excluding diaryl/α,β-unsaturated/α-hetero) is 3. The van der Waals surface area contributed by atoms with Crippen molar-refractivity contribution in [1.29, 1.82) is 0 Å². The van der Waals surface area contributed by atoms with E-state index in [1.165, 1.54) is 57.6 Å². The molecule has 0 bridgehead atoms. The van der Waals surface area contributed by atoms with Gasteiger partial charge in [0, 0.05) is 91.9 Å². The van der Waals surface area contributed by atoms with Gasteiger partial charge in [0.25, 0.3) is 0 Å². The molecule has 0 aliphatic carbocycles. The molecule has 1 aliphatic rings. The molecule has 19 nitrogen and oxygen atoms in total. The minimum atomic E-state index is -1.48. The van der Waals surface area contributed by atoms with Gasteiger partial charge < -0.3 is 39.8 Å². The van der Waals surface area contributed by atoms with E-state index in [-0.39, 0.29) is 91.6 Å². The summed E-state index contributed by atoms with van der Waals surface area (Å²) in [5.41, 5.74) is 0. The topological polar surface area (TPSA) is 226 Å². The zero-order valence-electron chi connectivity index (χ0n) is 56.8. The highest BCUT2D eigenvalue weighted by Crippen LogP contribution is 2.29. The zero-order chi connectivity index (χ0) is 65.8. The molecule has 0 aromatic rings. The van der Waals surface area contributed by atoms with Crippen LogP contribution in [0.3, 0.4) is 0 Å². The number of aliphatic hydroxyl groups is 1. The quantitative estimate of drug-likeness (QED) is 0.147. The molecule has 0 saturated carbocycles. The second kappa shape index (κ2) is 36.1. The number of aliphatic hydroxyl groups excluding tert-OH is 1. The number of nitrogens with one attached hydrogen (secondary N) is 1. The summed E-state index contributed by atoms with van der Waals surface area (Å²) in [5, 5.41) is 15.2. The second-order valence-electron chi connectivity index (χ2n) is 27.3. The number of carbonyl (C=O) groups is 10. The molecule has 1 fully saturated rings. The molecule has 0 aromatic heterocycles. The van der Waals surface area contributed by atoms with Crippen molar-refractivity contribution in [2.75, 3.05) is 62.4 Å². The molecule has 2 N–H and O–H groups in total. The number of ketones is 3. The highest BCUT2D eigenvalue weighted by atomic mass is 16.3. The summed E-state index contributed by atoms with van der Waals surface area (Å²) in [4.78, 5) is 156. The maximum Gasteiger partial charge on any atom is 0.246 e. The van der Waals surface area contributed by atoms with Crippen LogP contribution < -0.4 is 5.32 Å². The number of hydrogen-bond acceptors (Lipinski definition) is 12. The van der Waals surface area contributed by atoms with Gasteiger partial charge in [0.05, 0.1) is 30.8 Å². The zero-order valence-corrected chi connectivity index (χ0v) is 56.8. The fourth-order valence-corrected chi connectivity index (χ4v) is 11.7. The van der Waals surface area contributed by atoms with Gasteiger partial charge in [-0.3, -0.25) is 52.8 Å². The van der Waals surface area contributed by atoms with Crippen molar-refractivity contribution in [3.05, 3.63) is 24.8 Å². The third-order valence-electron chi connectivity index (χ3n) is 17.0. The predicted octanol–water partition coefficient (Wildman–Crippen LogP) is 7.18. The predicted molar refractivity (Wildman–Crippen MR) is 336 cm³/mol. The Kier molecular flexibility index (Phi) is 33.0. The van der Waals surface area contributed by atoms with E-state index in [0.29, 0.717) is 19.3 Å². The van der Waals surface area contributed by atoms with Crippen molar-refractivity contribution in [2.45, 2.75) is 217 Å². The van der Waals surface area contributed by atoms with Crippen LogP contribution in [0.2, 0.25) is 0 Å². The van der Waals surface area contributed by atoms with E-state index in [4.69, 9.17) is 0 Å². The molecule has 0 spiro atoms. The van der Waals surface area contributed by atoms with E-state index in [2.05, 4.69) is 11.9 Å². The fraction of sp³-hybridized carbons (Fsp3) is 0.788. The van der Waals surface area contributed by atoms with Crippen molar-refractivity contribution < 1.29 is 53.1 Å². The number of allylic oxidation sites excluding steroid dienone is 3. The summed E-state index contributed by atoms with van der Waals surface area (Å²) < 4.78 is 0. The summed E-state index contributed by atoms with van der Waals surface area (Å²) in [5.74, 6) is -8.86. The molecular weight excluding hydrogens is 1080 g/mol. The Bertz CT molecular complexity index is 2280. The van der Waals surface area contributed by atoms with Crippen molar-refractivity contribution in [1.82, 2.24) is 39.6 Å². The van der Waals surface area contributed by atoms with E-state index in [1.54, 1.807) is 74.0 Å². The molecule has 0 aromatic carbocycles. The molecule has 1 heterocycles. The van der Waals surface area contributed by atoms with E-state index in [9.17, 15) is 43.5 Å². The first-order valence-corrected chi connectivity index (χ1v) is 31.4. The Morgan fingerprint density at radius 3 is 1.48 bits per heavy atom. The first-order valence-electron chi connectivity index (χ1n) is 31.4. The highest BCUT2D eigenvalue weighted by molar-refractivity contribution is 5.98. The Hall–Kier alpha value is -5.30. The van der Waals surface area contributed by atoms with Crippen molar-refractivity contribution in [3.63, 3.8) is 0 Å². The lowest BCUT2D eigenvalue weighted by molar-refractivity contribution is -0.156. The van der Waals surface area contributed by atoms with Gasteiger partial charge in [-0.2, -0.15) is 0 Å². The number of amides is 7. The molecule has 7 amide bonds. The molecule has 1 aliphatic heterocycles. The number of rotatable bonds is 16. The smallest absolute Gasteiger partial charge is 0.246 e. The minimum absolute atomic E-state index is 0.0190. The van der Waals surface area contributed by atoms with Crippen LogP contribution >= 0.6 is 0 Å². The van der Waals surface area contributed by atoms with Gasteiger partial charge in [0.2, 0.25) is 41.4 Å². The van der Waals surface area contributed by atoms with Crippen LogP contribution in [0.4, 0.5) is 0 Å². The number of likely N-dealkylation sites (N-methyl/N-ethyl adjacent to an activating group) is 7. The summed E-state index contributed by atoms with van der Waals surface area (Å²) in [7, 11) is 10.8. The van der Waals surface area contributed by atoms with Crippen LogP contribution in [0.15, 0.2) is 24.8 Å². The lowest BCUT2D eigenvalue weighted by atomic mass is 9.84. The first-order chi connectivity index (χ1) is 39.3. The third-order valence-corrected chi connectivity index (χ3v) is 17.0. The number of hydrogen-bond donors (Lipinski definition) is 2. The molecule has 19 heteroatoms. The van der Waals surface area contributed by atoms with Gasteiger partial charge in [0.1, 0.15) is 18.1 Å². The van der Waals surface area contributed by atoms with Crippen LogP contribution in [0.25, 0.3) is 0 Å². The Morgan fingerprint density at radius 1 is 0.541 bits per heavy atom. The minimum Gasteiger partial charge on any atom is -0.390 e. The summed E-state index contributed by atoms with van der Waals surface area (Å²) >= 11 is 0. The standard InChI is InChI=1S/C66H116N8O11/c1-25-27-28-29-45(15)60(79)59-56(77)35-48(26-2)62(81)69(19)38-57(78)70(20)50(30-39(3)4)55(76)36-49(43(11)12)63(82)71(21)51(31-40(5)6)54(75)34-46(16)61(80)67-47(17)37-68(18)52(32-41(7)8)64(83)72(22)53(33-42(9)10)65(84)73(23)58(44(13)14)66(85)74(59)24/h25,27-28,39-53,58-60,79H,1,26,29-38H2,2-24H3,(H,67,80)/b28-27+/t45-,46-,47-,48-,49+,50+,51+,52+,53+,58+,59-,60-/m1/s1. The van der Waals surface area contributed by atoms with Gasteiger partial charge in [-0.1, -0.05) is 129 Å². The van der Waals surface area contributed by atoms with Crippen LogP contribution in [0, 0.1) is 59.2 Å². The van der Waals surface area contributed by atoms with E-state index < -0.39 is 126 Å². The first kappa shape index (κ1) is 77.7. The van der Waals surface area contributed by atoms with Crippen molar-refractivity contribution in [3.8, 4) is 0 Å². The number of nitrogens with zero attached hydrogens (tertiary/aromatic N) is 7. The van der Waals surface area contributed by atoms with Gasteiger partial charge in [-0.25, -0.2) is 0 Å². The molecule has 0 radical (unpaired) electrons. The van der Waals surface area contributed by atoms with Crippen LogP contribution in [0.5, 0.6) is 0 Å². The second-order valence-corrected chi connectivity index (χ2v) is 27.3. The van der Waals surface area contributed by atoms with Crippen LogP contribution in [0.1, 0.15) is 169 Å². The lowest BCUT2D eigenvalue weighted by Gasteiger charge is -2.41. The summed E-state index contributed by atoms with van der Waals surface area (Å²) in [6.45, 7) is 33.3. The van der Waals surface area contributed by atoms with E-state index in [0.717, 1.165) is 0 Å². The molecule has 0 unspecified atom stereocenters. The molecular formula is C66H116N8O11. The maximum atomic E-state index is 15.2. The Morgan fingerprint density at radius 2 is 1.00 bits per heavy atom. The molecule has 12 atom stereocenters. The average Bonchev–Trinajstić information content (AvgIpc) is 2.67. The largest absolute Gasteiger partial charge is 0.390 e. The van der Waals surface area contributed by atoms with Gasteiger partial charge in [0.15, 0.2) is 17.3 Å². The molecule has 85 heavy (non-hydrogen) atoms. The van der Waals surface area contributed by atoms with Crippen LogP contribution in [-0.4, -0.2) is 209 Å². The van der Waals surface area contributed by atoms with Crippen molar-refractivity contribution in [2.24, 2.45) is 59.2 Å². The number of carbonyl (C=O) groups excluding carboxylic acids is 10. The Balaban J connectivity index is 4.28. The van der Waals surface area contributed by atoms with Crippen molar-refractivity contribution >= 4 is 58.7 Å². The van der Waals surface area contributed by atoms with Crippen LogP contribution in [-0.2, 0) is 47.9 Å². The lowest BCUT2D eigenvalue weighted by Crippen LogP contribution is -2.61. The summed E-state index contributed by atoms with van der Waals surface area (Å²) in [6.07, 6.45) is 4.53. The highest BCUT2D eigenvalue weighted by Gasteiger charge is 2.45. The summed E-state index contributed by atoms with van der Waals surface area (Å²) in [6, 6.07) is -6.80. The Labute approximate surface area is 512 Å². The average molecular weight is 1200 g/mol. The molecule has 486 valence electrons. The van der Waals surface area contributed by atoms with E-state index in [1.807, 2.05) is 81.1 Å². The molecule has 1 saturated heterocycles. The third kappa shape index (κ3) is 23.1. The maximum absolute atomic E-state index is 15.2. The van der Waals surface area contributed by atoms with Gasteiger partial charge >= 0.3 is 0 Å². The molecule has 1 rings (SSSR count). The fourth-order valence-electron chi connectivity index (χ4n) is 11.7. The normalized spacial score (nSPS) is 27.3.